The second kappa shape index (κ2) is 8.85. The average Bonchev–Trinajstić information content (AvgIpc) is 2.64. The summed E-state index contributed by atoms with van der Waals surface area (Å²) in [5.41, 5.74) is 2.17. The fourth-order valence-corrected chi connectivity index (χ4v) is 3.36. The van der Waals surface area contributed by atoms with Crippen molar-refractivity contribution in [1.82, 2.24) is 0 Å². The van der Waals surface area contributed by atoms with Gasteiger partial charge in [0.05, 0.1) is 12.7 Å². The lowest BCUT2D eigenvalue weighted by atomic mass is 9.79. The molecule has 0 heterocycles. The van der Waals surface area contributed by atoms with Gasteiger partial charge in [-0.25, -0.2) is 4.39 Å². The van der Waals surface area contributed by atoms with Gasteiger partial charge in [0.2, 0.25) is 5.82 Å². The van der Waals surface area contributed by atoms with Gasteiger partial charge < -0.3 is 4.74 Å². The quantitative estimate of drug-likeness (QED) is 0.574. The molecule has 3 rings (SSSR count). The predicted octanol–water partition coefficient (Wildman–Crippen LogP) is 6.30. The van der Waals surface area contributed by atoms with E-state index >= 15 is 0 Å². The van der Waals surface area contributed by atoms with Crippen LogP contribution in [0.4, 0.5) is 8.78 Å². The van der Waals surface area contributed by atoms with Crippen molar-refractivity contribution in [3.8, 4) is 17.6 Å². The third-order valence-electron chi connectivity index (χ3n) is 5.01. The first-order valence-electron chi connectivity index (χ1n) is 8.72. The van der Waals surface area contributed by atoms with Gasteiger partial charge in [0.25, 0.3) is 0 Å². The van der Waals surface area contributed by atoms with Crippen LogP contribution in [-0.4, -0.2) is 7.11 Å². The van der Waals surface area contributed by atoms with Crippen LogP contribution in [-0.2, 0) is 0 Å². The molecule has 0 amide bonds. The maximum Gasteiger partial charge on any atom is 0.201 e. The molecular weight excluding hydrogens is 330 g/mol. The summed E-state index contributed by atoms with van der Waals surface area (Å²) in [4.78, 5) is 0. The van der Waals surface area contributed by atoms with Crippen LogP contribution in [0.25, 0.3) is 0 Å². The Morgan fingerprint density at radius 3 is 2.15 bits per heavy atom. The predicted molar refractivity (Wildman–Crippen MR) is 102 cm³/mol. The molecule has 1 nitrogen and oxygen atoms in total. The average molecular weight is 356 g/mol. The molecule has 2 aromatic carbocycles. The van der Waals surface area contributed by atoms with E-state index in [1.54, 1.807) is 0 Å². The van der Waals surface area contributed by atoms with E-state index in [-0.39, 0.29) is 18.7 Å². The minimum atomic E-state index is -1.00. The van der Waals surface area contributed by atoms with E-state index in [4.69, 9.17) is 4.74 Å². The summed E-state index contributed by atoms with van der Waals surface area (Å²) in [5.74, 6) is 4.98. The molecule has 0 saturated heterocycles. The highest BCUT2D eigenvalue weighted by molar-refractivity contribution is 5.46. The highest BCUT2D eigenvalue weighted by Crippen LogP contribution is 2.35. The second-order valence-corrected chi connectivity index (χ2v) is 6.77. The molecule has 0 bridgehead atoms. The lowest BCUT2D eigenvalue weighted by molar-refractivity contribution is 0.348. The summed E-state index contributed by atoms with van der Waals surface area (Å²) in [6.07, 6.45) is 5.05. The first-order chi connectivity index (χ1) is 12.1. The zero-order valence-electron chi connectivity index (χ0n) is 14.6. The van der Waals surface area contributed by atoms with Gasteiger partial charge in [-0.2, -0.15) is 4.39 Å². The largest absolute Gasteiger partial charge is 0.494 e. The van der Waals surface area contributed by atoms with Crippen molar-refractivity contribution in [3.63, 3.8) is 0 Å². The van der Waals surface area contributed by atoms with Gasteiger partial charge >= 0.3 is 0 Å². The number of ether oxygens (including phenoxy) is 1. The van der Waals surface area contributed by atoms with E-state index in [2.05, 4.69) is 30.9 Å². The monoisotopic (exact) mass is 356 g/mol. The maximum absolute atomic E-state index is 13.9. The Morgan fingerprint density at radius 1 is 0.885 bits per heavy atom. The standard InChI is InChI=1S/C22H22F2O.CH4/c1-15-3-8-17(9-4-15)18-10-5-16(6-11-18)7-12-19-13-14-20(25-2)22(24)21(19)23;/h5-6,10-11,13-15,17H,3-4,8-9H2,1-2H3;1H4. The molecule has 0 spiro atoms. The van der Waals surface area contributed by atoms with Crippen LogP contribution < -0.4 is 4.74 Å². The molecule has 1 aliphatic carbocycles. The Balaban J connectivity index is 0.00000243. The van der Waals surface area contributed by atoms with Gasteiger partial charge in [0, 0.05) is 5.56 Å². The molecule has 0 aliphatic heterocycles. The molecule has 0 atom stereocenters. The maximum atomic E-state index is 13.9. The van der Waals surface area contributed by atoms with Crippen molar-refractivity contribution >= 4 is 0 Å². The first-order valence-corrected chi connectivity index (χ1v) is 8.72. The van der Waals surface area contributed by atoms with E-state index < -0.39 is 11.6 Å². The highest BCUT2D eigenvalue weighted by Gasteiger charge is 2.19. The smallest absolute Gasteiger partial charge is 0.201 e. The number of methoxy groups -OCH3 is 1. The molecule has 26 heavy (non-hydrogen) atoms. The zero-order valence-corrected chi connectivity index (χ0v) is 14.6. The number of halogens is 2. The Bertz CT molecular complexity index is 791. The van der Waals surface area contributed by atoms with Gasteiger partial charge in [-0.05, 0) is 54.5 Å². The Labute approximate surface area is 155 Å². The number of rotatable bonds is 2. The summed E-state index contributed by atoms with van der Waals surface area (Å²) in [6, 6.07) is 10.9. The topological polar surface area (TPSA) is 9.23 Å². The number of hydrogen-bond donors (Lipinski definition) is 0. The van der Waals surface area contributed by atoms with Crippen LogP contribution in [0.2, 0.25) is 0 Å². The van der Waals surface area contributed by atoms with E-state index in [0.29, 0.717) is 5.92 Å². The molecule has 0 N–H and O–H groups in total. The van der Waals surface area contributed by atoms with Crippen LogP contribution in [0.3, 0.4) is 0 Å². The van der Waals surface area contributed by atoms with E-state index in [1.165, 1.54) is 50.5 Å². The molecule has 0 radical (unpaired) electrons. The van der Waals surface area contributed by atoms with Crippen molar-refractivity contribution in [2.24, 2.45) is 5.92 Å². The third-order valence-corrected chi connectivity index (χ3v) is 5.01. The Morgan fingerprint density at radius 2 is 1.54 bits per heavy atom. The number of benzene rings is 2. The van der Waals surface area contributed by atoms with Crippen molar-refractivity contribution in [3.05, 3.63) is 64.7 Å². The molecule has 0 unspecified atom stereocenters. The van der Waals surface area contributed by atoms with Crippen molar-refractivity contribution in [1.29, 1.82) is 0 Å². The van der Waals surface area contributed by atoms with E-state index in [1.807, 2.05) is 12.1 Å². The molecule has 138 valence electrons. The van der Waals surface area contributed by atoms with Gasteiger partial charge in [-0.3, -0.25) is 0 Å². The van der Waals surface area contributed by atoms with Crippen molar-refractivity contribution < 1.29 is 13.5 Å². The van der Waals surface area contributed by atoms with Crippen molar-refractivity contribution in [2.45, 2.75) is 46.0 Å². The molecule has 1 aliphatic rings. The second-order valence-electron chi connectivity index (χ2n) is 6.77. The van der Waals surface area contributed by atoms with Crippen molar-refractivity contribution in [2.75, 3.05) is 7.11 Å². The molecule has 0 aromatic heterocycles. The zero-order chi connectivity index (χ0) is 17.8. The summed E-state index contributed by atoms with van der Waals surface area (Å²) < 4.78 is 32.4. The Kier molecular flexibility index (Phi) is 6.80. The number of hydrogen-bond acceptors (Lipinski definition) is 1. The minimum absolute atomic E-state index is 0. The van der Waals surface area contributed by atoms with E-state index in [9.17, 15) is 8.78 Å². The third kappa shape index (κ3) is 4.43. The Hall–Kier alpha value is -2.34. The van der Waals surface area contributed by atoms with Gasteiger partial charge in [0.1, 0.15) is 0 Å². The minimum Gasteiger partial charge on any atom is -0.494 e. The summed E-state index contributed by atoms with van der Waals surface area (Å²) >= 11 is 0. The van der Waals surface area contributed by atoms with Crippen LogP contribution in [0, 0.1) is 29.4 Å². The fraction of sp³-hybridized carbons (Fsp3) is 0.391. The normalized spacial score (nSPS) is 19.1. The molecule has 2 aromatic rings. The van der Waals surface area contributed by atoms with Crippen LogP contribution in [0.15, 0.2) is 36.4 Å². The summed E-state index contributed by atoms with van der Waals surface area (Å²) in [6.45, 7) is 2.32. The SMILES string of the molecule is C.COc1ccc(C#Cc2ccc(C3CCC(C)CC3)cc2)c(F)c1F. The summed E-state index contributed by atoms with van der Waals surface area (Å²) in [5, 5.41) is 0. The fourth-order valence-electron chi connectivity index (χ4n) is 3.36. The molecule has 1 saturated carbocycles. The lowest BCUT2D eigenvalue weighted by Crippen LogP contribution is -2.10. The molecule has 3 heteroatoms. The lowest BCUT2D eigenvalue weighted by Gasteiger charge is -2.26. The molecule has 1 fully saturated rings. The van der Waals surface area contributed by atoms with Crippen LogP contribution in [0.5, 0.6) is 5.75 Å². The van der Waals surface area contributed by atoms with Crippen LogP contribution >= 0.6 is 0 Å². The van der Waals surface area contributed by atoms with E-state index in [0.717, 1.165) is 11.5 Å². The molecular formula is C23H26F2O. The summed E-state index contributed by atoms with van der Waals surface area (Å²) in [7, 11) is 1.30. The van der Waals surface area contributed by atoms with Gasteiger partial charge in [0.15, 0.2) is 11.6 Å². The van der Waals surface area contributed by atoms with Crippen LogP contribution in [0.1, 0.15) is 62.6 Å². The highest BCUT2D eigenvalue weighted by atomic mass is 19.2. The van der Waals surface area contributed by atoms with Gasteiger partial charge in [-0.15, -0.1) is 0 Å². The first kappa shape index (κ1) is 20.0. The van der Waals surface area contributed by atoms with Gasteiger partial charge in [-0.1, -0.05) is 51.2 Å².